The Balaban J connectivity index is 2.91. The predicted molar refractivity (Wildman–Crippen MR) is 68.6 cm³/mol. The van der Waals surface area contributed by atoms with Gasteiger partial charge in [0, 0.05) is 18.9 Å². The van der Waals surface area contributed by atoms with Crippen LogP contribution >= 0.6 is 0 Å². The van der Waals surface area contributed by atoms with Gasteiger partial charge in [0.05, 0.1) is 7.11 Å². The zero-order valence-electron chi connectivity index (χ0n) is 11.2. The number of pyridine rings is 1. The molecule has 0 saturated carbocycles. The number of hydrogen-bond donors (Lipinski definition) is 2. The first-order valence-corrected chi connectivity index (χ1v) is 5.83. The second kappa shape index (κ2) is 7.42. The number of anilines is 1. The van der Waals surface area contributed by atoms with Gasteiger partial charge >= 0.3 is 5.97 Å². The maximum absolute atomic E-state index is 10.8. The lowest BCUT2D eigenvalue weighted by Gasteiger charge is -2.16. The minimum absolute atomic E-state index is 0.0364. The highest BCUT2D eigenvalue weighted by atomic mass is 16.7. The number of nitrogens with one attached hydrogen (secondary N) is 1. The number of hydrogen-bond acceptors (Lipinski definition) is 6. The summed E-state index contributed by atoms with van der Waals surface area (Å²) in [4.78, 5) is 14.9. The van der Waals surface area contributed by atoms with E-state index >= 15 is 0 Å². The van der Waals surface area contributed by atoms with E-state index in [0.717, 1.165) is 0 Å². The topological polar surface area (TPSA) is 89.9 Å². The number of aliphatic carboxylic acids is 1. The Bertz CT molecular complexity index is 425. The van der Waals surface area contributed by atoms with Gasteiger partial charge in [0.25, 0.3) is 0 Å². The first-order chi connectivity index (χ1) is 9.10. The van der Waals surface area contributed by atoms with Crippen molar-refractivity contribution in [3.63, 3.8) is 0 Å². The van der Waals surface area contributed by atoms with Crippen LogP contribution in [-0.4, -0.2) is 42.6 Å². The van der Waals surface area contributed by atoms with Crippen LogP contribution in [0, 0.1) is 0 Å². The third-order valence-corrected chi connectivity index (χ3v) is 2.30. The summed E-state index contributed by atoms with van der Waals surface area (Å²) in [6.45, 7) is 3.90. The van der Waals surface area contributed by atoms with Crippen molar-refractivity contribution in [1.29, 1.82) is 0 Å². The van der Waals surface area contributed by atoms with Gasteiger partial charge in [-0.1, -0.05) is 0 Å². The molecule has 0 saturated heterocycles. The summed E-state index contributed by atoms with van der Waals surface area (Å²) in [5.74, 6) is 0.0932. The number of methoxy groups -OCH3 is 1. The quantitative estimate of drug-likeness (QED) is 0.544. The Morgan fingerprint density at radius 1 is 1.58 bits per heavy atom. The van der Waals surface area contributed by atoms with Crippen molar-refractivity contribution in [3.05, 3.63) is 12.3 Å². The number of aromatic nitrogens is 1. The third kappa shape index (κ3) is 4.29. The van der Waals surface area contributed by atoms with Crippen LogP contribution < -0.4 is 14.8 Å². The van der Waals surface area contributed by atoms with Gasteiger partial charge in [-0.25, -0.2) is 4.98 Å². The molecule has 2 N–H and O–H groups in total. The maximum atomic E-state index is 10.8. The molecule has 1 atom stereocenters. The molecule has 7 heteroatoms. The molecule has 1 heterocycles. The summed E-state index contributed by atoms with van der Waals surface area (Å²) in [5.41, 5.74) is 0. The number of rotatable bonds is 8. The summed E-state index contributed by atoms with van der Waals surface area (Å²) in [7, 11) is 1.49. The smallest absolute Gasteiger partial charge is 0.325 e. The van der Waals surface area contributed by atoms with Crippen molar-refractivity contribution in [2.24, 2.45) is 0 Å². The molecule has 0 amide bonds. The van der Waals surface area contributed by atoms with Crippen LogP contribution in [0.3, 0.4) is 0 Å². The van der Waals surface area contributed by atoms with Crippen molar-refractivity contribution in [1.82, 2.24) is 4.98 Å². The van der Waals surface area contributed by atoms with Crippen molar-refractivity contribution in [3.8, 4) is 11.5 Å². The molecule has 1 unspecified atom stereocenters. The van der Waals surface area contributed by atoms with Gasteiger partial charge in [0.15, 0.2) is 18.4 Å². The van der Waals surface area contributed by atoms with Crippen LogP contribution in [0.2, 0.25) is 0 Å². The molecule has 0 radical (unpaired) electrons. The van der Waals surface area contributed by atoms with Gasteiger partial charge in [0.1, 0.15) is 6.04 Å². The van der Waals surface area contributed by atoms with E-state index in [0.29, 0.717) is 23.9 Å². The van der Waals surface area contributed by atoms with E-state index in [1.807, 2.05) is 6.92 Å². The normalized spacial score (nSPS) is 11.7. The van der Waals surface area contributed by atoms with Gasteiger partial charge in [-0.2, -0.15) is 0 Å². The van der Waals surface area contributed by atoms with Crippen molar-refractivity contribution in [2.45, 2.75) is 19.9 Å². The lowest BCUT2D eigenvalue weighted by Crippen LogP contribution is -2.26. The van der Waals surface area contributed by atoms with Gasteiger partial charge in [0.2, 0.25) is 5.75 Å². The molecule has 0 fully saturated rings. The number of carboxylic acids is 1. The average molecular weight is 270 g/mol. The summed E-state index contributed by atoms with van der Waals surface area (Å²) < 4.78 is 15.7. The molecular weight excluding hydrogens is 252 g/mol. The molecule has 0 aliphatic heterocycles. The van der Waals surface area contributed by atoms with Crippen LogP contribution in [0.1, 0.15) is 13.8 Å². The fourth-order valence-electron chi connectivity index (χ4n) is 1.28. The minimum Gasteiger partial charge on any atom is -0.493 e. The summed E-state index contributed by atoms with van der Waals surface area (Å²) in [5, 5.41) is 11.6. The fraction of sp³-hybridized carbons (Fsp3) is 0.500. The zero-order chi connectivity index (χ0) is 14.3. The average Bonchev–Trinajstić information content (AvgIpc) is 2.40. The van der Waals surface area contributed by atoms with E-state index < -0.39 is 12.0 Å². The van der Waals surface area contributed by atoms with Crippen LogP contribution in [0.15, 0.2) is 12.3 Å². The van der Waals surface area contributed by atoms with E-state index in [9.17, 15) is 4.79 Å². The molecule has 1 rings (SSSR count). The Morgan fingerprint density at radius 2 is 2.32 bits per heavy atom. The number of carboxylic acid groups (broad SMARTS) is 1. The molecular formula is C12H18N2O5. The molecule has 0 aliphatic rings. The van der Waals surface area contributed by atoms with E-state index in [4.69, 9.17) is 19.3 Å². The van der Waals surface area contributed by atoms with Crippen LogP contribution in [0.25, 0.3) is 0 Å². The van der Waals surface area contributed by atoms with Crippen LogP contribution in [0.4, 0.5) is 5.82 Å². The van der Waals surface area contributed by atoms with E-state index in [-0.39, 0.29) is 6.79 Å². The standard InChI is InChI=1S/C12H18N2O5/c1-4-18-7-19-10-9(17-3)5-6-13-11(10)14-8(2)12(15)16/h5-6,8H,4,7H2,1-3H3,(H,13,14)(H,15,16). The van der Waals surface area contributed by atoms with Gasteiger partial charge < -0.3 is 24.6 Å². The molecule has 106 valence electrons. The largest absolute Gasteiger partial charge is 0.493 e. The first-order valence-electron chi connectivity index (χ1n) is 5.83. The molecule has 7 nitrogen and oxygen atoms in total. The number of nitrogens with zero attached hydrogens (tertiary/aromatic N) is 1. The van der Waals surface area contributed by atoms with Crippen LogP contribution in [0.5, 0.6) is 11.5 Å². The van der Waals surface area contributed by atoms with Crippen LogP contribution in [-0.2, 0) is 9.53 Å². The monoisotopic (exact) mass is 270 g/mol. The molecule has 0 bridgehead atoms. The maximum Gasteiger partial charge on any atom is 0.325 e. The molecule has 19 heavy (non-hydrogen) atoms. The Morgan fingerprint density at radius 3 is 2.89 bits per heavy atom. The third-order valence-electron chi connectivity index (χ3n) is 2.30. The minimum atomic E-state index is -0.986. The zero-order valence-corrected chi connectivity index (χ0v) is 11.2. The molecule has 0 aromatic carbocycles. The Kier molecular flexibility index (Phi) is 5.87. The van der Waals surface area contributed by atoms with Gasteiger partial charge in [-0.15, -0.1) is 0 Å². The summed E-state index contributed by atoms with van der Waals surface area (Å²) in [6.07, 6.45) is 1.50. The Labute approximate surface area is 111 Å². The van der Waals surface area contributed by atoms with Gasteiger partial charge in [-0.3, -0.25) is 4.79 Å². The lowest BCUT2D eigenvalue weighted by atomic mass is 10.3. The highest BCUT2D eigenvalue weighted by molar-refractivity contribution is 5.77. The number of carbonyl (C=O) groups is 1. The van der Waals surface area contributed by atoms with Crippen molar-refractivity contribution in [2.75, 3.05) is 25.8 Å². The molecule has 0 aliphatic carbocycles. The predicted octanol–water partition coefficient (Wildman–Crippen LogP) is 1.35. The first kappa shape index (κ1) is 15.0. The van der Waals surface area contributed by atoms with Crippen molar-refractivity contribution >= 4 is 11.8 Å². The summed E-state index contributed by atoms with van der Waals surface area (Å²) in [6, 6.07) is 0.826. The lowest BCUT2D eigenvalue weighted by molar-refractivity contribution is -0.137. The SMILES string of the molecule is CCOCOc1c(OC)ccnc1NC(C)C(=O)O. The molecule has 1 aromatic rings. The van der Waals surface area contributed by atoms with Crippen molar-refractivity contribution < 1.29 is 24.1 Å². The highest BCUT2D eigenvalue weighted by Gasteiger charge is 2.17. The van der Waals surface area contributed by atoms with E-state index in [1.54, 1.807) is 6.07 Å². The summed E-state index contributed by atoms with van der Waals surface area (Å²) >= 11 is 0. The van der Waals surface area contributed by atoms with E-state index in [2.05, 4.69) is 10.3 Å². The fourth-order valence-corrected chi connectivity index (χ4v) is 1.28. The second-order valence-corrected chi connectivity index (χ2v) is 3.65. The molecule has 1 aromatic heterocycles. The highest BCUT2D eigenvalue weighted by Crippen LogP contribution is 2.33. The number of ether oxygens (including phenoxy) is 3. The Hall–Kier alpha value is -2.02. The molecule has 0 spiro atoms. The second-order valence-electron chi connectivity index (χ2n) is 3.65. The van der Waals surface area contributed by atoms with Gasteiger partial charge in [-0.05, 0) is 13.8 Å². The van der Waals surface area contributed by atoms with E-state index in [1.165, 1.54) is 20.2 Å².